The molecule has 0 amide bonds. The molecule has 1 unspecified atom stereocenters. The van der Waals surface area contributed by atoms with Gasteiger partial charge >= 0.3 is 0 Å². The summed E-state index contributed by atoms with van der Waals surface area (Å²) in [6.45, 7) is 5.98. The van der Waals surface area contributed by atoms with Gasteiger partial charge in [-0.25, -0.2) is 0 Å². The van der Waals surface area contributed by atoms with Gasteiger partial charge in [0.15, 0.2) is 0 Å². The molecule has 0 aliphatic carbocycles. The summed E-state index contributed by atoms with van der Waals surface area (Å²) in [6, 6.07) is 8.57. The van der Waals surface area contributed by atoms with Crippen LogP contribution in [0.2, 0.25) is 0 Å². The summed E-state index contributed by atoms with van der Waals surface area (Å²) < 4.78 is 0. The normalized spacial score (nSPS) is 11.9. The van der Waals surface area contributed by atoms with Crippen molar-refractivity contribution in [2.75, 3.05) is 0 Å². The highest BCUT2D eigenvalue weighted by Crippen LogP contribution is 2.20. The summed E-state index contributed by atoms with van der Waals surface area (Å²) in [4.78, 5) is 0. The second-order valence-corrected chi connectivity index (χ2v) is 11.8. The Kier molecular flexibility index (Phi) is 36.1. The minimum atomic E-state index is -0.0617. The molecule has 4 heteroatoms. The van der Waals surface area contributed by atoms with Gasteiger partial charge in [-0.2, -0.15) is 21.0 Å². The maximum Gasteiger partial charge on any atom is 0.0697 e. The summed E-state index contributed by atoms with van der Waals surface area (Å²) >= 11 is 0. The van der Waals surface area contributed by atoms with Crippen LogP contribution in [-0.4, -0.2) is 0 Å². The van der Waals surface area contributed by atoms with Gasteiger partial charge < -0.3 is 0 Å². The summed E-state index contributed by atoms with van der Waals surface area (Å²) in [5, 5.41) is 33.8. The number of hydrogen-bond acceptors (Lipinski definition) is 4. The maximum atomic E-state index is 8.60. The summed E-state index contributed by atoms with van der Waals surface area (Å²) in [7, 11) is 0. The zero-order valence-corrected chi connectivity index (χ0v) is 27.9. The maximum absolute atomic E-state index is 8.60. The molecule has 0 spiro atoms. The van der Waals surface area contributed by atoms with Crippen LogP contribution >= 0.6 is 0 Å². The van der Waals surface area contributed by atoms with Gasteiger partial charge in [0.2, 0.25) is 0 Å². The van der Waals surface area contributed by atoms with Crippen LogP contribution in [0.3, 0.4) is 0 Å². The predicted octanol–water partition coefficient (Wildman–Crippen LogP) is 12.7. The molecule has 0 aromatic heterocycles. The van der Waals surface area contributed by atoms with Crippen LogP contribution in [0.1, 0.15) is 188 Å². The van der Waals surface area contributed by atoms with E-state index in [1.165, 1.54) is 135 Å². The van der Waals surface area contributed by atoms with Crippen LogP contribution in [0.25, 0.3) is 0 Å². The number of allylic oxidation sites excluding steroid dienone is 4. The number of hydrogen-bond donors (Lipinski definition) is 0. The Balaban J connectivity index is 0. The third-order valence-electron chi connectivity index (χ3n) is 7.96. The smallest absolute Gasteiger partial charge is 0.0697 e. The van der Waals surface area contributed by atoms with E-state index in [-0.39, 0.29) is 5.92 Å². The van der Waals surface area contributed by atoms with Crippen molar-refractivity contribution in [3.8, 4) is 24.3 Å². The minimum absolute atomic E-state index is 0.0617. The average molecular weight is 577 g/mol. The van der Waals surface area contributed by atoms with Crippen molar-refractivity contribution in [2.45, 2.75) is 188 Å². The molecular formula is C38H64N4. The fourth-order valence-electron chi connectivity index (χ4n) is 4.93. The van der Waals surface area contributed by atoms with Gasteiger partial charge in [0.1, 0.15) is 0 Å². The van der Waals surface area contributed by atoms with Crippen molar-refractivity contribution in [2.24, 2.45) is 5.92 Å². The van der Waals surface area contributed by atoms with E-state index in [2.05, 4.69) is 31.2 Å². The highest BCUT2D eigenvalue weighted by molar-refractivity contribution is 5.11. The Hall–Kier alpha value is -2.56. The van der Waals surface area contributed by atoms with Crippen LogP contribution in [0.15, 0.2) is 23.3 Å². The lowest BCUT2D eigenvalue weighted by molar-refractivity contribution is 0.544. The first-order valence-electron chi connectivity index (χ1n) is 17.4. The van der Waals surface area contributed by atoms with Gasteiger partial charge in [0.25, 0.3) is 0 Å². The molecule has 0 aromatic rings. The Bertz CT molecular complexity index is 812. The van der Waals surface area contributed by atoms with Gasteiger partial charge in [-0.3, -0.25) is 0 Å². The van der Waals surface area contributed by atoms with E-state index in [0.29, 0.717) is 6.42 Å². The van der Waals surface area contributed by atoms with Crippen LogP contribution in [0.4, 0.5) is 0 Å². The number of nitrogens with zero attached hydrogens (tertiary/aromatic N) is 4. The first-order valence-corrected chi connectivity index (χ1v) is 17.4. The SMILES string of the molecule is CC(=CCC#N)C(C)C#N.CCCCCCC(=CCCCCCCCC#N)CCCCCCCCCCCCCC#N. The molecule has 42 heavy (non-hydrogen) atoms. The Morgan fingerprint density at radius 2 is 0.976 bits per heavy atom. The summed E-state index contributed by atoms with van der Waals surface area (Å²) in [5.41, 5.74) is 2.71. The molecule has 0 aliphatic rings. The number of unbranched alkanes of at least 4 members (excludes halogenated alkanes) is 20. The molecule has 0 saturated carbocycles. The monoisotopic (exact) mass is 577 g/mol. The van der Waals surface area contributed by atoms with E-state index in [4.69, 9.17) is 21.0 Å². The van der Waals surface area contributed by atoms with Gasteiger partial charge in [-0.05, 0) is 65.2 Å². The quantitative estimate of drug-likeness (QED) is 0.0717. The molecule has 0 aliphatic heterocycles. The molecule has 0 N–H and O–H groups in total. The highest BCUT2D eigenvalue weighted by Gasteiger charge is 2.01. The Morgan fingerprint density at radius 3 is 1.40 bits per heavy atom. The van der Waals surface area contributed by atoms with Crippen molar-refractivity contribution in [3.05, 3.63) is 23.3 Å². The fourth-order valence-corrected chi connectivity index (χ4v) is 4.93. The average Bonchev–Trinajstić information content (AvgIpc) is 3.01. The summed E-state index contributed by atoms with van der Waals surface area (Å²) in [5.74, 6) is -0.0617. The first kappa shape index (κ1) is 41.6. The largest absolute Gasteiger partial charge is 0.198 e. The molecule has 1 atom stereocenters. The molecule has 0 radical (unpaired) electrons. The van der Waals surface area contributed by atoms with Gasteiger partial charge in [0.05, 0.1) is 36.6 Å². The van der Waals surface area contributed by atoms with E-state index in [9.17, 15) is 0 Å². The van der Waals surface area contributed by atoms with E-state index in [1.807, 2.05) is 19.9 Å². The fraction of sp³-hybridized carbons (Fsp3) is 0.789. The minimum Gasteiger partial charge on any atom is -0.198 e. The lowest BCUT2D eigenvalue weighted by atomic mass is 9.98. The van der Waals surface area contributed by atoms with E-state index < -0.39 is 0 Å². The first-order chi connectivity index (χ1) is 20.6. The zero-order chi connectivity index (χ0) is 31.4. The predicted molar refractivity (Wildman–Crippen MR) is 179 cm³/mol. The van der Waals surface area contributed by atoms with Crippen molar-refractivity contribution in [3.63, 3.8) is 0 Å². The van der Waals surface area contributed by atoms with Crippen molar-refractivity contribution in [1.29, 1.82) is 21.0 Å². The lowest BCUT2D eigenvalue weighted by Crippen LogP contribution is -1.90. The van der Waals surface area contributed by atoms with Crippen molar-refractivity contribution < 1.29 is 0 Å². The van der Waals surface area contributed by atoms with Crippen molar-refractivity contribution >= 4 is 0 Å². The zero-order valence-electron chi connectivity index (χ0n) is 27.9. The third kappa shape index (κ3) is 33.6. The van der Waals surface area contributed by atoms with Crippen LogP contribution in [0, 0.1) is 51.2 Å². The standard InChI is InChI=1S/C30H54N2.C8H10N2/c1-2-3-4-20-25-30(27-22-17-13-11-15-19-24-29-32)26-21-16-12-9-7-5-6-8-10-14-18-23-28-31;1-7(4-3-5-9)8(2)6-10/h27H,2-26H2,1H3;4,8H,3H2,1-2H3. The molecular weight excluding hydrogens is 512 g/mol. The molecule has 0 heterocycles. The van der Waals surface area contributed by atoms with Crippen LogP contribution in [0.5, 0.6) is 0 Å². The van der Waals surface area contributed by atoms with E-state index >= 15 is 0 Å². The second kappa shape index (κ2) is 36.5. The lowest BCUT2D eigenvalue weighted by Gasteiger charge is -2.09. The molecule has 0 rings (SSSR count). The molecule has 0 saturated heterocycles. The second-order valence-electron chi connectivity index (χ2n) is 11.8. The molecule has 0 bridgehead atoms. The third-order valence-corrected chi connectivity index (χ3v) is 7.96. The van der Waals surface area contributed by atoms with Crippen LogP contribution < -0.4 is 0 Å². The van der Waals surface area contributed by atoms with Gasteiger partial charge in [0, 0.05) is 12.8 Å². The van der Waals surface area contributed by atoms with Crippen molar-refractivity contribution in [1.82, 2.24) is 0 Å². The highest BCUT2D eigenvalue weighted by atomic mass is 14.3. The molecule has 0 aromatic carbocycles. The van der Waals surface area contributed by atoms with E-state index in [1.54, 1.807) is 11.6 Å². The van der Waals surface area contributed by atoms with Crippen LogP contribution in [-0.2, 0) is 0 Å². The topological polar surface area (TPSA) is 95.2 Å². The van der Waals surface area contributed by atoms with Gasteiger partial charge in [-0.15, -0.1) is 0 Å². The Labute approximate surface area is 261 Å². The summed E-state index contributed by atoms with van der Waals surface area (Å²) in [6.07, 6.45) is 36.7. The molecule has 4 nitrogen and oxygen atoms in total. The van der Waals surface area contributed by atoms with E-state index in [0.717, 1.165) is 31.3 Å². The Morgan fingerprint density at radius 1 is 0.548 bits per heavy atom. The molecule has 0 fully saturated rings. The molecule has 236 valence electrons. The number of nitriles is 4. The number of rotatable bonds is 27. The van der Waals surface area contributed by atoms with Gasteiger partial charge in [-0.1, -0.05) is 127 Å².